The van der Waals surface area contributed by atoms with E-state index in [1.807, 2.05) is 44.7 Å². The van der Waals surface area contributed by atoms with Crippen molar-refractivity contribution in [2.45, 2.75) is 159 Å². The van der Waals surface area contributed by atoms with Crippen molar-refractivity contribution in [3.05, 3.63) is 46.8 Å². The fourth-order valence-corrected chi connectivity index (χ4v) is 12.4. The smallest absolute Gasteiger partial charge is 0.302 e. The number of fused-ring (bicyclic) bond motifs is 4. The van der Waals surface area contributed by atoms with Gasteiger partial charge in [0, 0.05) is 62.7 Å². The maximum atomic E-state index is 14.0. The highest BCUT2D eigenvalue weighted by Gasteiger charge is 2.44. The van der Waals surface area contributed by atoms with Crippen molar-refractivity contribution >= 4 is 39.4 Å². The third-order valence-corrected chi connectivity index (χ3v) is 15.4. The number of nitrogens with two attached hydrogens (primary N) is 2. The number of carbonyl (C=O) groups is 2. The molecule has 3 aliphatic heterocycles. The molecule has 0 aromatic heterocycles. The van der Waals surface area contributed by atoms with Gasteiger partial charge in [-0.05, 0) is 100 Å². The molecule has 1 spiro atoms. The number of nitrogens with one attached hydrogen (secondary N) is 2. The van der Waals surface area contributed by atoms with Gasteiger partial charge in [0.05, 0.1) is 22.9 Å². The molecule has 2 aliphatic carbocycles. The van der Waals surface area contributed by atoms with Gasteiger partial charge in [-0.3, -0.25) is 14.6 Å². The van der Waals surface area contributed by atoms with Crippen molar-refractivity contribution in [2.24, 2.45) is 21.9 Å². The summed E-state index contributed by atoms with van der Waals surface area (Å²) in [5.74, 6) is 2.28. The molecule has 8 N–H and O–H groups in total. The summed E-state index contributed by atoms with van der Waals surface area (Å²) in [4.78, 5) is 32.8. The van der Waals surface area contributed by atoms with Crippen molar-refractivity contribution in [1.82, 2.24) is 15.5 Å². The van der Waals surface area contributed by atoms with Crippen LogP contribution in [0.1, 0.15) is 134 Å². The fourth-order valence-electron chi connectivity index (χ4n) is 9.26. The number of hydrogen-bond donors (Lipinski definition) is 6. The van der Waals surface area contributed by atoms with Crippen molar-refractivity contribution < 1.29 is 29.3 Å². The summed E-state index contributed by atoms with van der Waals surface area (Å²) in [6, 6.07) is 3.85. The number of allylic oxidation sites excluding steroid dienone is 2. The van der Waals surface area contributed by atoms with E-state index in [-0.39, 0.29) is 35.1 Å². The van der Waals surface area contributed by atoms with Crippen molar-refractivity contribution in [2.75, 3.05) is 25.4 Å². The van der Waals surface area contributed by atoms with E-state index in [1.165, 1.54) is 6.92 Å². The molecule has 1 aromatic carbocycles. The number of aromatic hydroxyl groups is 1. The molecule has 3 atom stereocenters. The van der Waals surface area contributed by atoms with Crippen LogP contribution in [-0.4, -0.2) is 81.5 Å². The molecule has 1 aromatic rings. The van der Waals surface area contributed by atoms with Crippen LogP contribution in [-0.2, 0) is 27.3 Å². The number of ether oxygens (including phenoxy) is 2. The Hall–Kier alpha value is -3.23. The number of amides is 1. The first-order chi connectivity index (χ1) is 27.5. The molecule has 2 saturated carbocycles. The minimum absolute atomic E-state index is 0.0271. The maximum absolute atomic E-state index is 14.0. The van der Waals surface area contributed by atoms with Gasteiger partial charge in [-0.15, -0.1) is 0 Å². The fraction of sp³-hybridized carbons (Fsp3) is 0.698. The molecule has 0 radical (unpaired) electrons. The number of rotatable bonds is 5. The van der Waals surface area contributed by atoms with Crippen molar-refractivity contribution in [3.8, 4) is 11.5 Å². The number of dihydropyridines is 1. The SMILES string of the molecule is CC(=O)O[C@@H]1CCc2cc(c(O)c(OC3CCCC3)c2)CN2C[C@@](CC3=CCNC(N)=C3)(CCN=C(N)NC3(CCCC3)SSCCCCCC[C@H](O)C1)CC2=O. The van der Waals surface area contributed by atoms with Crippen LogP contribution >= 0.6 is 21.6 Å². The van der Waals surface area contributed by atoms with Gasteiger partial charge in [0.2, 0.25) is 5.91 Å². The van der Waals surface area contributed by atoms with Gasteiger partial charge in [0.1, 0.15) is 6.10 Å². The highest BCUT2D eigenvalue weighted by atomic mass is 33.1. The van der Waals surface area contributed by atoms with E-state index >= 15 is 0 Å². The van der Waals surface area contributed by atoms with Crippen LogP contribution in [0.15, 0.2) is 40.7 Å². The van der Waals surface area contributed by atoms with Gasteiger partial charge in [0.15, 0.2) is 17.5 Å². The number of esters is 1. The summed E-state index contributed by atoms with van der Waals surface area (Å²) in [6.07, 6.45) is 19.5. The average molecular weight is 827 g/mol. The second-order valence-electron chi connectivity index (χ2n) is 17.1. The Labute approximate surface area is 347 Å². The normalized spacial score (nSPS) is 27.5. The molecule has 6 rings (SSSR count). The van der Waals surface area contributed by atoms with Crippen molar-refractivity contribution in [1.29, 1.82) is 0 Å². The van der Waals surface area contributed by atoms with Crippen LogP contribution in [0.4, 0.5) is 0 Å². The number of aryl methyl sites for hydroxylation is 1. The molecule has 1 saturated heterocycles. The van der Waals surface area contributed by atoms with Gasteiger partial charge >= 0.3 is 5.97 Å². The first kappa shape index (κ1) is 43.4. The van der Waals surface area contributed by atoms with Crippen LogP contribution in [0.25, 0.3) is 0 Å². The van der Waals surface area contributed by atoms with E-state index in [0.29, 0.717) is 87.7 Å². The standard InChI is InChI=1S/C43H66N6O6S2/c1-30(50)54-36-14-13-31-22-33(40(53)37(23-31)55-35-11-5-6-12-35)28-49-29-42(27-39(49)52,26-32-15-19-46-38(44)24-32)18-20-47-41(45)48-43(16-7-8-17-43)57-56-21-9-3-2-4-10-34(51)25-36/h15,22-24,34-36,46,51,53H,2-14,16-21,25-29,44H2,1H3,(H3,45,47,48)/t34-,36+,42+/m0/s1. The van der Waals surface area contributed by atoms with Gasteiger partial charge < -0.3 is 46.7 Å². The number of nitrogens with zero attached hydrogens (tertiary/aromatic N) is 2. The highest BCUT2D eigenvalue weighted by Crippen LogP contribution is 2.46. The molecule has 0 unspecified atom stereocenters. The monoisotopic (exact) mass is 826 g/mol. The number of carbonyl (C=O) groups excluding carboxylic acids is 2. The highest BCUT2D eigenvalue weighted by molar-refractivity contribution is 8.77. The molecule has 3 heterocycles. The quantitative estimate of drug-likeness (QED) is 0.137. The molecule has 4 bridgehead atoms. The molecule has 316 valence electrons. The van der Waals surface area contributed by atoms with Crippen LogP contribution < -0.4 is 26.8 Å². The Kier molecular flexibility index (Phi) is 15.7. The Bertz CT molecular complexity index is 1630. The number of benzene rings is 1. The minimum atomic E-state index is -0.566. The summed E-state index contributed by atoms with van der Waals surface area (Å²) in [5, 5.41) is 29.5. The lowest BCUT2D eigenvalue weighted by Crippen LogP contribution is -2.47. The summed E-state index contributed by atoms with van der Waals surface area (Å²) in [5.41, 5.74) is 15.0. The number of guanidine groups is 1. The van der Waals surface area contributed by atoms with Gasteiger partial charge in [-0.1, -0.05) is 65.8 Å². The summed E-state index contributed by atoms with van der Waals surface area (Å²) in [7, 11) is 3.79. The summed E-state index contributed by atoms with van der Waals surface area (Å²) in [6.45, 7) is 3.27. The number of aliphatic hydroxyl groups is 1. The van der Waals surface area contributed by atoms with Crippen LogP contribution in [0.5, 0.6) is 11.5 Å². The van der Waals surface area contributed by atoms with E-state index in [1.54, 1.807) is 0 Å². The van der Waals surface area contributed by atoms with E-state index in [0.717, 1.165) is 93.9 Å². The molecule has 5 aliphatic rings. The van der Waals surface area contributed by atoms with Crippen LogP contribution in [0, 0.1) is 5.41 Å². The minimum Gasteiger partial charge on any atom is -0.504 e. The molecule has 57 heavy (non-hydrogen) atoms. The van der Waals surface area contributed by atoms with Crippen LogP contribution in [0.2, 0.25) is 0 Å². The molecule has 12 nitrogen and oxygen atoms in total. The van der Waals surface area contributed by atoms with Gasteiger partial charge in [-0.2, -0.15) is 0 Å². The number of hydrogen-bond acceptors (Lipinski definition) is 13. The predicted molar refractivity (Wildman–Crippen MR) is 230 cm³/mol. The summed E-state index contributed by atoms with van der Waals surface area (Å²) >= 11 is 0. The number of aliphatic hydroxyl groups excluding tert-OH is 1. The first-order valence-corrected chi connectivity index (χ1v) is 23.7. The Morgan fingerprint density at radius 3 is 2.56 bits per heavy atom. The Morgan fingerprint density at radius 1 is 1.02 bits per heavy atom. The van der Waals surface area contributed by atoms with E-state index < -0.39 is 17.6 Å². The van der Waals surface area contributed by atoms with Crippen molar-refractivity contribution in [3.63, 3.8) is 0 Å². The van der Waals surface area contributed by atoms with E-state index in [9.17, 15) is 19.8 Å². The zero-order valence-electron chi connectivity index (χ0n) is 33.9. The number of phenolic OH excluding ortho intramolecular Hbond substituents is 1. The van der Waals surface area contributed by atoms with Gasteiger partial charge in [-0.25, -0.2) is 0 Å². The molecule has 14 heteroatoms. The largest absolute Gasteiger partial charge is 0.504 e. The number of phenols is 1. The summed E-state index contributed by atoms with van der Waals surface area (Å²) < 4.78 is 12.2. The molecular weight excluding hydrogens is 761 g/mol. The lowest BCUT2D eigenvalue weighted by Gasteiger charge is -2.31. The first-order valence-electron chi connectivity index (χ1n) is 21.4. The number of aliphatic imine (C=N–C) groups is 1. The maximum Gasteiger partial charge on any atom is 0.302 e. The molecule has 3 fully saturated rings. The van der Waals surface area contributed by atoms with E-state index in [2.05, 4.69) is 16.7 Å². The third-order valence-electron chi connectivity index (χ3n) is 12.2. The second-order valence-corrected chi connectivity index (χ2v) is 19.9. The second kappa shape index (κ2) is 20.6. The van der Waals surface area contributed by atoms with E-state index in [4.69, 9.17) is 25.9 Å². The zero-order chi connectivity index (χ0) is 40.3. The lowest BCUT2D eigenvalue weighted by atomic mass is 9.77. The van der Waals surface area contributed by atoms with Gasteiger partial charge in [0.25, 0.3) is 0 Å². The third kappa shape index (κ3) is 12.9. The Morgan fingerprint density at radius 2 is 1.79 bits per heavy atom. The molecule has 1 amide bonds. The topological polar surface area (TPSA) is 185 Å². The lowest BCUT2D eigenvalue weighted by molar-refractivity contribution is -0.148. The average Bonchev–Trinajstić information content (AvgIpc) is 3.91. The van der Waals surface area contributed by atoms with Crippen LogP contribution in [0.3, 0.4) is 0 Å². The molecular formula is C43H66N6O6S2. The zero-order valence-corrected chi connectivity index (χ0v) is 35.5. The Balaban J connectivity index is 1.27. The predicted octanol–water partition coefficient (Wildman–Crippen LogP) is 6.68.